The van der Waals surface area contributed by atoms with Crippen molar-refractivity contribution in [3.8, 4) is 0 Å². The summed E-state index contributed by atoms with van der Waals surface area (Å²) in [6, 6.07) is -0.0582. The molecule has 0 saturated carbocycles. The van der Waals surface area contributed by atoms with Crippen molar-refractivity contribution in [1.82, 2.24) is 10.6 Å². The zero-order valence-electron chi connectivity index (χ0n) is 12.3. The molecule has 5 heteroatoms. The van der Waals surface area contributed by atoms with Crippen LogP contribution in [0.15, 0.2) is 11.8 Å². The summed E-state index contributed by atoms with van der Waals surface area (Å²) in [6.45, 7) is 10.2. The Hall–Kier alpha value is -1.52. The van der Waals surface area contributed by atoms with Crippen molar-refractivity contribution in [2.75, 3.05) is 13.7 Å². The number of nitrogens with one attached hydrogen (secondary N) is 2. The van der Waals surface area contributed by atoms with Gasteiger partial charge in [-0.05, 0) is 6.92 Å². The minimum absolute atomic E-state index is 0.0582. The van der Waals surface area contributed by atoms with E-state index in [1.807, 2.05) is 20.8 Å². The Morgan fingerprint density at radius 2 is 1.94 bits per heavy atom. The standard InChI is InChI=1S/C8H12N2O3.C3H8.C2H6/c1-5-6(3-7(11)10-5)9-4-8(12)13-2;1-3-2;1-2/h3,5,9H,4H2,1-2H3,(H,10,11);3H2,1-2H3;1-2H3. The summed E-state index contributed by atoms with van der Waals surface area (Å²) < 4.78 is 4.44. The fraction of sp³-hybridized carbons (Fsp3) is 0.692. The van der Waals surface area contributed by atoms with Gasteiger partial charge in [-0.2, -0.15) is 0 Å². The third-order valence-corrected chi connectivity index (χ3v) is 1.78. The fourth-order valence-corrected chi connectivity index (χ4v) is 1.05. The van der Waals surface area contributed by atoms with Gasteiger partial charge in [0.15, 0.2) is 0 Å². The second kappa shape index (κ2) is 12.0. The molecule has 106 valence electrons. The first-order chi connectivity index (χ1) is 8.54. The van der Waals surface area contributed by atoms with Crippen LogP contribution >= 0.6 is 0 Å². The quantitative estimate of drug-likeness (QED) is 0.754. The molecule has 0 aromatic heterocycles. The Labute approximate surface area is 110 Å². The molecule has 0 saturated heterocycles. The van der Waals surface area contributed by atoms with Crippen molar-refractivity contribution < 1.29 is 14.3 Å². The lowest BCUT2D eigenvalue weighted by Gasteiger charge is -2.10. The summed E-state index contributed by atoms with van der Waals surface area (Å²) in [5.74, 6) is -0.493. The first-order valence-corrected chi connectivity index (χ1v) is 6.37. The van der Waals surface area contributed by atoms with Gasteiger partial charge in [0.2, 0.25) is 5.91 Å². The second-order valence-electron chi connectivity index (χ2n) is 3.47. The van der Waals surface area contributed by atoms with E-state index in [-0.39, 0.29) is 24.5 Å². The van der Waals surface area contributed by atoms with Crippen molar-refractivity contribution in [2.45, 2.75) is 47.1 Å². The molecular formula is C13H26N2O3. The average molecular weight is 258 g/mol. The molecule has 1 amide bonds. The second-order valence-corrected chi connectivity index (χ2v) is 3.47. The molecular weight excluding hydrogens is 232 g/mol. The maximum absolute atomic E-state index is 10.8. The molecule has 2 N–H and O–H groups in total. The number of carbonyl (C=O) groups is 2. The smallest absolute Gasteiger partial charge is 0.325 e. The molecule has 0 fully saturated rings. The van der Waals surface area contributed by atoms with Crippen LogP contribution in [0.3, 0.4) is 0 Å². The van der Waals surface area contributed by atoms with E-state index in [4.69, 9.17) is 0 Å². The molecule has 1 aliphatic heterocycles. The Bertz CT molecular complexity index is 275. The summed E-state index contributed by atoms with van der Waals surface area (Å²) in [7, 11) is 1.32. The van der Waals surface area contributed by atoms with Crippen LogP contribution in [0.2, 0.25) is 0 Å². The molecule has 1 unspecified atom stereocenters. The zero-order valence-corrected chi connectivity index (χ0v) is 12.3. The third kappa shape index (κ3) is 8.61. The van der Waals surface area contributed by atoms with Crippen molar-refractivity contribution in [2.24, 2.45) is 0 Å². The number of ether oxygens (including phenoxy) is 1. The molecule has 1 rings (SSSR count). The van der Waals surface area contributed by atoms with Crippen LogP contribution in [0.1, 0.15) is 41.0 Å². The molecule has 0 aromatic carbocycles. The predicted octanol–water partition coefficient (Wildman–Crippen LogP) is 1.59. The van der Waals surface area contributed by atoms with Gasteiger partial charge in [-0.3, -0.25) is 9.59 Å². The van der Waals surface area contributed by atoms with E-state index in [0.717, 1.165) is 5.70 Å². The Morgan fingerprint density at radius 3 is 2.28 bits per heavy atom. The number of hydrogen-bond donors (Lipinski definition) is 2. The summed E-state index contributed by atoms with van der Waals surface area (Å²) in [5, 5.41) is 5.48. The minimum Gasteiger partial charge on any atom is -0.468 e. The number of amides is 1. The SMILES string of the molecule is CC.CCC.COC(=O)CNC1=CC(=O)NC1C. The van der Waals surface area contributed by atoms with Crippen LogP contribution in [0.5, 0.6) is 0 Å². The Balaban J connectivity index is 0. The highest BCUT2D eigenvalue weighted by molar-refractivity contribution is 5.91. The van der Waals surface area contributed by atoms with E-state index in [0.29, 0.717) is 0 Å². The van der Waals surface area contributed by atoms with Crippen molar-refractivity contribution >= 4 is 11.9 Å². The summed E-state index contributed by atoms with van der Waals surface area (Å²) in [5.41, 5.74) is 0.718. The van der Waals surface area contributed by atoms with Crippen LogP contribution in [0, 0.1) is 0 Å². The van der Waals surface area contributed by atoms with Gasteiger partial charge < -0.3 is 15.4 Å². The monoisotopic (exact) mass is 258 g/mol. The van der Waals surface area contributed by atoms with Gasteiger partial charge >= 0.3 is 5.97 Å². The van der Waals surface area contributed by atoms with Gasteiger partial charge in [0.1, 0.15) is 6.54 Å². The maximum atomic E-state index is 10.8. The van der Waals surface area contributed by atoms with E-state index in [2.05, 4.69) is 29.2 Å². The van der Waals surface area contributed by atoms with Crippen molar-refractivity contribution in [1.29, 1.82) is 0 Å². The molecule has 0 aliphatic carbocycles. The lowest BCUT2D eigenvalue weighted by molar-refractivity contribution is -0.139. The lowest BCUT2D eigenvalue weighted by Crippen LogP contribution is -2.32. The van der Waals surface area contributed by atoms with Crippen molar-refractivity contribution in [3.05, 3.63) is 11.8 Å². The van der Waals surface area contributed by atoms with Crippen LogP contribution in [0.4, 0.5) is 0 Å². The topological polar surface area (TPSA) is 67.4 Å². The molecule has 18 heavy (non-hydrogen) atoms. The van der Waals surface area contributed by atoms with Crippen LogP contribution < -0.4 is 10.6 Å². The number of rotatable bonds is 3. The summed E-state index contributed by atoms with van der Waals surface area (Å²) in [4.78, 5) is 21.6. The third-order valence-electron chi connectivity index (χ3n) is 1.78. The van der Waals surface area contributed by atoms with E-state index in [1.165, 1.54) is 19.6 Å². The normalized spacial score (nSPS) is 16.2. The Morgan fingerprint density at radius 1 is 1.44 bits per heavy atom. The minimum atomic E-state index is -0.354. The molecule has 0 aromatic rings. The van der Waals surface area contributed by atoms with E-state index >= 15 is 0 Å². The van der Waals surface area contributed by atoms with Gasteiger partial charge in [-0.1, -0.05) is 34.1 Å². The van der Waals surface area contributed by atoms with E-state index in [9.17, 15) is 9.59 Å². The van der Waals surface area contributed by atoms with E-state index in [1.54, 1.807) is 0 Å². The highest BCUT2D eigenvalue weighted by Crippen LogP contribution is 2.04. The maximum Gasteiger partial charge on any atom is 0.325 e. The number of esters is 1. The highest BCUT2D eigenvalue weighted by Gasteiger charge is 2.19. The van der Waals surface area contributed by atoms with Gasteiger partial charge in [0, 0.05) is 11.8 Å². The summed E-state index contributed by atoms with van der Waals surface area (Å²) >= 11 is 0. The Kier molecular flexibility index (Phi) is 12.5. The first kappa shape index (κ1) is 18.8. The number of methoxy groups -OCH3 is 1. The number of carbonyl (C=O) groups excluding carboxylic acids is 2. The molecule has 5 nitrogen and oxygen atoms in total. The summed E-state index contributed by atoms with van der Waals surface area (Å²) in [6.07, 6.45) is 2.69. The van der Waals surface area contributed by atoms with E-state index < -0.39 is 0 Å². The molecule has 1 aliphatic rings. The average Bonchev–Trinajstić information content (AvgIpc) is 2.68. The van der Waals surface area contributed by atoms with Gasteiger partial charge in [-0.15, -0.1) is 0 Å². The highest BCUT2D eigenvalue weighted by atomic mass is 16.5. The van der Waals surface area contributed by atoms with Gasteiger partial charge in [0.05, 0.1) is 13.2 Å². The zero-order chi connectivity index (χ0) is 14.6. The van der Waals surface area contributed by atoms with Gasteiger partial charge in [-0.25, -0.2) is 0 Å². The first-order valence-electron chi connectivity index (χ1n) is 6.37. The van der Waals surface area contributed by atoms with Crippen molar-refractivity contribution in [3.63, 3.8) is 0 Å². The lowest BCUT2D eigenvalue weighted by atomic mass is 10.3. The van der Waals surface area contributed by atoms with Crippen LogP contribution in [-0.2, 0) is 14.3 Å². The number of hydrogen-bond acceptors (Lipinski definition) is 4. The molecule has 1 heterocycles. The molecule has 0 bridgehead atoms. The molecule has 1 atom stereocenters. The molecule has 0 radical (unpaired) electrons. The largest absolute Gasteiger partial charge is 0.468 e. The van der Waals surface area contributed by atoms with Crippen LogP contribution in [0.25, 0.3) is 0 Å². The molecule has 0 spiro atoms. The fourth-order valence-electron chi connectivity index (χ4n) is 1.05. The van der Waals surface area contributed by atoms with Crippen LogP contribution in [-0.4, -0.2) is 31.6 Å². The van der Waals surface area contributed by atoms with Gasteiger partial charge in [0.25, 0.3) is 0 Å². The predicted molar refractivity (Wildman–Crippen MR) is 73.0 cm³/mol.